The minimum Gasteiger partial charge on any atom is -0.497 e. The van der Waals surface area contributed by atoms with Crippen molar-refractivity contribution in [3.05, 3.63) is 101 Å². The number of carbonyl (C=O) groups excluding carboxylic acids is 2. The van der Waals surface area contributed by atoms with Crippen molar-refractivity contribution in [1.82, 2.24) is 14.8 Å². The summed E-state index contributed by atoms with van der Waals surface area (Å²) in [6, 6.07) is 24.9. The van der Waals surface area contributed by atoms with E-state index in [2.05, 4.69) is 4.98 Å². The minimum absolute atomic E-state index is 0.0365. The Labute approximate surface area is 221 Å². The number of nitrogens with one attached hydrogen (secondary N) is 1. The van der Waals surface area contributed by atoms with Gasteiger partial charge in [-0.1, -0.05) is 60.7 Å². The summed E-state index contributed by atoms with van der Waals surface area (Å²) in [6.45, 7) is 1.31. The average molecular weight is 510 g/mol. The molecule has 1 atom stereocenters. The Hall–Kier alpha value is -4.10. The number of hydrogen-bond donors (Lipinski definition) is 2. The van der Waals surface area contributed by atoms with Crippen molar-refractivity contribution in [2.24, 2.45) is 0 Å². The van der Waals surface area contributed by atoms with Gasteiger partial charge in [0.1, 0.15) is 5.75 Å². The number of likely N-dealkylation sites (tertiary alicyclic amines) is 1. The van der Waals surface area contributed by atoms with Crippen molar-refractivity contribution < 1.29 is 19.4 Å². The highest BCUT2D eigenvalue weighted by Crippen LogP contribution is 2.48. The van der Waals surface area contributed by atoms with Gasteiger partial charge < -0.3 is 24.6 Å². The van der Waals surface area contributed by atoms with Crippen LogP contribution in [0.2, 0.25) is 0 Å². The van der Waals surface area contributed by atoms with Crippen LogP contribution in [-0.2, 0) is 27.8 Å². The maximum Gasteiger partial charge on any atom is 0.227 e. The van der Waals surface area contributed by atoms with E-state index in [1.807, 2.05) is 83.8 Å². The third-order valence-corrected chi connectivity index (χ3v) is 7.98. The number of aromatic amines is 1. The quantitative estimate of drug-likeness (QED) is 0.416. The number of H-pyrrole nitrogens is 1. The Morgan fingerprint density at radius 1 is 0.921 bits per heavy atom. The molecule has 38 heavy (non-hydrogen) atoms. The van der Waals surface area contributed by atoms with Crippen molar-refractivity contribution in [3.8, 4) is 5.75 Å². The van der Waals surface area contributed by atoms with E-state index in [1.165, 1.54) is 0 Å². The van der Waals surface area contributed by atoms with Crippen LogP contribution in [0.4, 0.5) is 0 Å². The lowest BCUT2D eigenvalue weighted by atomic mass is 9.68. The van der Waals surface area contributed by atoms with Crippen LogP contribution < -0.4 is 4.74 Å². The number of ether oxygens (including phenoxy) is 1. The van der Waals surface area contributed by atoms with Gasteiger partial charge in [-0.2, -0.15) is 0 Å². The molecule has 0 unspecified atom stereocenters. The zero-order chi connectivity index (χ0) is 26.3. The molecule has 194 valence electrons. The smallest absolute Gasteiger partial charge is 0.227 e. The number of aromatic nitrogens is 1. The highest BCUT2D eigenvalue weighted by Gasteiger charge is 2.54. The number of nitrogens with zero attached hydrogens (tertiary/aromatic N) is 2. The number of carbonyl (C=O) groups is 2. The van der Waals surface area contributed by atoms with Crippen molar-refractivity contribution in [2.45, 2.75) is 24.3 Å². The molecule has 1 saturated heterocycles. The zero-order valence-corrected chi connectivity index (χ0v) is 21.4. The summed E-state index contributed by atoms with van der Waals surface area (Å²) in [7, 11) is 1.63. The molecule has 1 aromatic heterocycles. The van der Waals surface area contributed by atoms with Crippen LogP contribution in [-0.4, -0.2) is 65.1 Å². The summed E-state index contributed by atoms with van der Waals surface area (Å²) < 4.78 is 5.44. The molecule has 0 radical (unpaired) electrons. The lowest BCUT2D eigenvalue weighted by Crippen LogP contribution is -2.68. The molecule has 2 aliphatic heterocycles. The van der Waals surface area contributed by atoms with Crippen LogP contribution in [0.3, 0.4) is 0 Å². The maximum atomic E-state index is 13.6. The summed E-state index contributed by atoms with van der Waals surface area (Å²) in [5.74, 6) is 0.776. The SMILES string of the molecule is COc1ccc2c3c([nH]c2c1)[C@@H](CO)N(C(=O)Cc1ccccc1)CC31CN(C(=O)Cc2ccccc2)C1. The third kappa shape index (κ3) is 4.13. The highest BCUT2D eigenvalue weighted by atomic mass is 16.5. The summed E-state index contributed by atoms with van der Waals surface area (Å²) >= 11 is 0. The van der Waals surface area contributed by atoms with Crippen molar-refractivity contribution in [2.75, 3.05) is 33.4 Å². The fraction of sp³-hybridized carbons (Fsp3) is 0.290. The fourth-order valence-corrected chi connectivity index (χ4v) is 6.14. The summed E-state index contributed by atoms with van der Waals surface area (Å²) in [4.78, 5) is 34.0. The summed E-state index contributed by atoms with van der Waals surface area (Å²) in [6.07, 6.45) is 0.609. The first-order valence-corrected chi connectivity index (χ1v) is 13.0. The molecular formula is C31H31N3O4. The minimum atomic E-state index is -0.487. The van der Waals surface area contributed by atoms with E-state index in [1.54, 1.807) is 12.0 Å². The lowest BCUT2D eigenvalue weighted by molar-refractivity contribution is -0.144. The van der Waals surface area contributed by atoms with Gasteiger partial charge >= 0.3 is 0 Å². The molecule has 7 heteroatoms. The second kappa shape index (κ2) is 9.65. The first kappa shape index (κ1) is 24.2. The molecule has 2 amide bonds. The van der Waals surface area contributed by atoms with Gasteiger partial charge in [-0.25, -0.2) is 0 Å². The normalized spacial score (nSPS) is 17.8. The predicted octanol–water partition coefficient (Wildman–Crippen LogP) is 3.62. The van der Waals surface area contributed by atoms with Crippen LogP contribution in [0.25, 0.3) is 10.9 Å². The predicted molar refractivity (Wildman–Crippen MR) is 145 cm³/mol. The van der Waals surface area contributed by atoms with Gasteiger partial charge in [-0.3, -0.25) is 9.59 Å². The van der Waals surface area contributed by atoms with Gasteiger partial charge in [0.15, 0.2) is 0 Å². The number of methoxy groups -OCH3 is 1. The van der Waals surface area contributed by atoms with E-state index in [0.717, 1.165) is 39.0 Å². The molecule has 3 aromatic carbocycles. The summed E-state index contributed by atoms with van der Waals surface area (Å²) in [5, 5.41) is 11.6. The van der Waals surface area contributed by atoms with Crippen LogP contribution in [0, 0.1) is 0 Å². The number of rotatable bonds is 6. The standard InChI is InChI=1S/C31H31N3O4/c1-38-23-12-13-24-25(16-23)32-30-26(17-35)34(28(37)15-22-10-6-3-7-11-22)20-31(29(24)30)18-33(19-31)27(36)14-21-8-4-2-5-9-21/h2-13,16,26,32,35H,14-15,17-20H2,1H3/t26-/m1/s1. The molecule has 2 N–H and O–H groups in total. The van der Waals surface area contributed by atoms with E-state index in [9.17, 15) is 14.7 Å². The molecule has 1 spiro atoms. The highest BCUT2D eigenvalue weighted by molar-refractivity contribution is 5.90. The molecule has 6 rings (SSSR count). The van der Waals surface area contributed by atoms with Gasteiger partial charge in [-0.15, -0.1) is 0 Å². The first-order chi connectivity index (χ1) is 18.5. The molecule has 1 fully saturated rings. The number of aliphatic hydroxyl groups excluding tert-OH is 1. The van der Waals surface area contributed by atoms with Gasteiger partial charge in [-0.05, 0) is 28.8 Å². The zero-order valence-electron chi connectivity index (χ0n) is 21.4. The Kier molecular flexibility index (Phi) is 6.16. The molecule has 0 bridgehead atoms. The molecule has 0 saturated carbocycles. The number of hydrogen-bond acceptors (Lipinski definition) is 4. The van der Waals surface area contributed by atoms with Crippen molar-refractivity contribution >= 4 is 22.7 Å². The average Bonchev–Trinajstić information content (AvgIpc) is 3.31. The summed E-state index contributed by atoms with van der Waals surface area (Å²) in [5.41, 5.74) is 4.36. The van der Waals surface area contributed by atoms with Gasteiger partial charge in [0, 0.05) is 42.3 Å². The molecule has 3 heterocycles. The fourth-order valence-electron chi connectivity index (χ4n) is 6.14. The van der Waals surface area contributed by atoms with Crippen molar-refractivity contribution in [1.29, 1.82) is 0 Å². The lowest BCUT2D eigenvalue weighted by Gasteiger charge is -2.56. The van der Waals surface area contributed by atoms with Gasteiger partial charge in [0.2, 0.25) is 11.8 Å². The number of fused-ring (bicyclic) bond motifs is 4. The Morgan fingerprint density at radius 3 is 2.16 bits per heavy atom. The van der Waals surface area contributed by atoms with Gasteiger partial charge in [0.05, 0.1) is 38.0 Å². The van der Waals surface area contributed by atoms with E-state index in [4.69, 9.17) is 4.74 Å². The van der Waals surface area contributed by atoms with E-state index >= 15 is 0 Å². The third-order valence-electron chi connectivity index (χ3n) is 7.98. The van der Waals surface area contributed by atoms with Crippen LogP contribution in [0.5, 0.6) is 5.75 Å². The Bertz CT molecular complexity index is 1480. The molecule has 4 aromatic rings. The monoisotopic (exact) mass is 509 g/mol. The molecule has 0 aliphatic carbocycles. The van der Waals surface area contributed by atoms with Gasteiger partial charge in [0.25, 0.3) is 0 Å². The number of benzene rings is 3. The first-order valence-electron chi connectivity index (χ1n) is 13.0. The largest absolute Gasteiger partial charge is 0.497 e. The van der Waals surface area contributed by atoms with Crippen LogP contribution in [0.1, 0.15) is 28.4 Å². The number of aliphatic hydroxyl groups is 1. The van der Waals surface area contributed by atoms with Crippen LogP contribution in [0.15, 0.2) is 78.9 Å². The second-order valence-corrected chi connectivity index (χ2v) is 10.4. The number of amides is 2. The molecule has 7 nitrogen and oxygen atoms in total. The van der Waals surface area contributed by atoms with E-state index in [0.29, 0.717) is 26.1 Å². The topological polar surface area (TPSA) is 85.9 Å². The van der Waals surface area contributed by atoms with E-state index in [-0.39, 0.29) is 24.8 Å². The van der Waals surface area contributed by atoms with Crippen molar-refractivity contribution in [3.63, 3.8) is 0 Å². The van der Waals surface area contributed by atoms with Crippen LogP contribution >= 0.6 is 0 Å². The molecular weight excluding hydrogens is 478 g/mol. The second-order valence-electron chi connectivity index (χ2n) is 10.4. The molecule has 2 aliphatic rings. The van der Waals surface area contributed by atoms with E-state index < -0.39 is 11.5 Å². The maximum absolute atomic E-state index is 13.6. The Morgan fingerprint density at radius 2 is 1.55 bits per heavy atom. The Balaban J connectivity index is 1.36.